The Morgan fingerprint density at radius 3 is 2.83 bits per heavy atom. The molecule has 0 spiro atoms. The Morgan fingerprint density at radius 1 is 1.44 bits per heavy atom. The molecule has 2 aromatic rings. The second-order valence-corrected chi connectivity index (χ2v) is 4.92. The zero-order valence-electron chi connectivity index (χ0n) is 10.1. The lowest BCUT2D eigenvalue weighted by Crippen LogP contribution is -2.24. The summed E-state index contributed by atoms with van der Waals surface area (Å²) in [5.74, 6) is 0.595. The minimum atomic E-state index is -0.123. The highest BCUT2D eigenvalue weighted by molar-refractivity contribution is 9.10. The standard InChI is InChI=1S/C12H13BrN4O/c1-8-3-9(5-10(13)4-8)12(18)14-6-11-15-7-16-17(11)2/h3-5,7H,6H2,1-2H3,(H,14,18). The maximum Gasteiger partial charge on any atom is 0.251 e. The molecule has 0 saturated heterocycles. The number of hydrogen-bond donors (Lipinski definition) is 1. The van der Waals surface area contributed by atoms with Gasteiger partial charge in [-0.1, -0.05) is 15.9 Å². The van der Waals surface area contributed by atoms with Crippen molar-refractivity contribution in [1.29, 1.82) is 0 Å². The molecule has 0 radical (unpaired) electrons. The maximum atomic E-state index is 12.0. The van der Waals surface area contributed by atoms with Gasteiger partial charge in [0.05, 0.1) is 6.54 Å². The lowest BCUT2D eigenvalue weighted by atomic mass is 10.1. The van der Waals surface area contributed by atoms with Gasteiger partial charge in [-0.2, -0.15) is 5.10 Å². The van der Waals surface area contributed by atoms with Crippen LogP contribution >= 0.6 is 15.9 Å². The number of rotatable bonds is 3. The van der Waals surface area contributed by atoms with Crippen LogP contribution in [0, 0.1) is 6.92 Å². The first-order chi connectivity index (χ1) is 8.56. The molecule has 94 valence electrons. The Balaban J connectivity index is 2.06. The van der Waals surface area contributed by atoms with Crippen LogP contribution in [0.1, 0.15) is 21.7 Å². The monoisotopic (exact) mass is 308 g/mol. The maximum absolute atomic E-state index is 12.0. The normalized spacial score (nSPS) is 10.4. The summed E-state index contributed by atoms with van der Waals surface area (Å²) in [5.41, 5.74) is 1.66. The van der Waals surface area contributed by atoms with Crippen molar-refractivity contribution in [2.45, 2.75) is 13.5 Å². The van der Waals surface area contributed by atoms with Gasteiger partial charge in [-0.25, -0.2) is 4.98 Å². The summed E-state index contributed by atoms with van der Waals surface area (Å²) in [6.07, 6.45) is 1.46. The van der Waals surface area contributed by atoms with E-state index in [2.05, 4.69) is 31.3 Å². The lowest BCUT2D eigenvalue weighted by Gasteiger charge is -2.06. The Bertz CT molecular complexity index is 559. The minimum absolute atomic E-state index is 0.123. The molecule has 18 heavy (non-hydrogen) atoms. The van der Waals surface area contributed by atoms with E-state index in [1.807, 2.05) is 19.1 Å². The molecule has 0 atom stereocenters. The number of nitrogens with one attached hydrogen (secondary N) is 1. The molecule has 0 fully saturated rings. The molecule has 1 amide bonds. The number of amides is 1. The Morgan fingerprint density at radius 2 is 2.22 bits per heavy atom. The van der Waals surface area contributed by atoms with E-state index in [0.29, 0.717) is 12.1 Å². The fourth-order valence-corrected chi connectivity index (χ4v) is 2.22. The summed E-state index contributed by atoms with van der Waals surface area (Å²) in [6, 6.07) is 5.59. The molecular weight excluding hydrogens is 296 g/mol. The van der Waals surface area contributed by atoms with E-state index in [0.717, 1.165) is 15.9 Å². The lowest BCUT2D eigenvalue weighted by molar-refractivity contribution is 0.0949. The Kier molecular flexibility index (Phi) is 3.76. The van der Waals surface area contributed by atoms with Crippen LogP contribution in [0.5, 0.6) is 0 Å². The summed E-state index contributed by atoms with van der Waals surface area (Å²) >= 11 is 3.38. The van der Waals surface area contributed by atoms with E-state index in [-0.39, 0.29) is 5.91 Å². The van der Waals surface area contributed by atoms with Crippen molar-refractivity contribution >= 4 is 21.8 Å². The first kappa shape index (κ1) is 12.8. The minimum Gasteiger partial charge on any atom is -0.345 e. The van der Waals surface area contributed by atoms with Crippen LogP contribution in [-0.2, 0) is 13.6 Å². The van der Waals surface area contributed by atoms with Crippen molar-refractivity contribution in [3.8, 4) is 0 Å². The zero-order valence-corrected chi connectivity index (χ0v) is 11.7. The first-order valence-electron chi connectivity index (χ1n) is 5.44. The molecule has 0 aliphatic carbocycles. The van der Waals surface area contributed by atoms with Gasteiger partial charge in [0.25, 0.3) is 5.91 Å². The van der Waals surface area contributed by atoms with E-state index in [1.165, 1.54) is 6.33 Å². The number of aromatic nitrogens is 3. The summed E-state index contributed by atoms with van der Waals surface area (Å²) in [5, 5.41) is 6.76. The predicted molar refractivity (Wildman–Crippen MR) is 71.1 cm³/mol. The zero-order chi connectivity index (χ0) is 13.1. The van der Waals surface area contributed by atoms with Gasteiger partial charge >= 0.3 is 0 Å². The molecule has 0 aliphatic heterocycles. The highest BCUT2D eigenvalue weighted by Gasteiger charge is 2.08. The van der Waals surface area contributed by atoms with Gasteiger partial charge in [0.15, 0.2) is 0 Å². The molecule has 0 bridgehead atoms. The van der Waals surface area contributed by atoms with Crippen LogP contribution in [0.25, 0.3) is 0 Å². The smallest absolute Gasteiger partial charge is 0.251 e. The van der Waals surface area contributed by atoms with Gasteiger partial charge in [-0.15, -0.1) is 0 Å². The van der Waals surface area contributed by atoms with Crippen LogP contribution in [0.3, 0.4) is 0 Å². The van der Waals surface area contributed by atoms with Crippen molar-refractivity contribution in [3.63, 3.8) is 0 Å². The number of carbonyl (C=O) groups is 1. The molecule has 0 saturated carbocycles. The molecule has 1 heterocycles. The fourth-order valence-electron chi connectivity index (χ4n) is 1.61. The summed E-state index contributed by atoms with van der Waals surface area (Å²) in [6.45, 7) is 2.31. The van der Waals surface area contributed by atoms with E-state index >= 15 is 0 Å². The fraction of sp³-hybridized carbons (Fsp3) is 0.250. The summed E-state index contributed by atoms with van der Waals surface area (Å²) in [4.78, 5) is 16.0. The van der Waals surface area contributed by atoms with Crippen LogP contribution in [0.2, 0.25) is 0 Å². The number of carbonyl (C=O) groups excluding carboxylic acids is 1. The highest BCUT2D eigenvalue weighted by Crippen LogP contribution is 2.15. The molecule has 5 nitrogen and oxygen atoms in total. The molecule has 0 unspecified atom stereocenters. The van der Waals surface area contributed by atoms with Crippen LogP contribution in [0.4, 0.5) is 0 Å². The SMILES string of the molecule is Cc1cc(Br)cc(C(=O)NCc2ncnn2C)c1. The second-order valence-electron chi connectivity index (χ2n) is 4.00. The van der Waals surface area contributed by atoms with Gasteiger partial charge in [0, 0.05) is 17.1 Å². The third-order valence-electron chi connectivity index (χ3n) is 2.52. The molecule has 0 aliphatic rings. The first-order valence-corrected chi connectivity index (χ1v) is 6.24. The molecule has 1 aromatic heterocycles. The van der Waals surface area contributed by atoms with Crippen LogP contribution in [0.15, 0.2) is 29.0 Å². The van der Waals surface area contributed by atoms with Crippen molar-refractivity contribution in [2.24, 2.45) is 7.05 Å². The molecular formula is C12H13BrN4O. The van der Waals surface area contributed by atoms with Crippen LogP contribution in [-0.4, -0.2) is 20.7 Å². The van der Waals surface area contributed by atoms with E-state index < -0.39 is 0 Å². The van der Waals surface area contributed by atoms with Gasteiger partial charge in [0.1, 0.15) is 12.2 Å². The van der Waals surface area contributed by atoms with Crippen molar-refractivity contribution < 1.29 is 4.79 Å². The third kappa shape index (κ3) is 2.95. The molecule has 2 rings (SSSR count). The van der Waals surface area contributed by atoms with Gasteiger partial charge in [0.2, 0.25) is 0 Å². The Labute approximate surface area is 113 Å². The topological polar surface area (TPSA) is 59.8 Å². The van der Waals surface area contributed by atoms with Crippen molar-refractivity contribution in [2.75, 3.05) is 0 Å². The number of aryl methyl sites for hydroxylation is 2. The molecule has 1 N–H and O–H groups in total. The second kappa shape index (κ2) is 5.30. The third-order valence-corrected chi connectivity index (χ3v) is 2.97. The van der Waals surface area contributed by atoms with Crippen molar-refractivity contribution in [3.05, 3.63) is 46.0 Å². The predicted octanol–water partition coefficient (Wildman–Crippen LogP) is 1.82. The number of halogens is 1. The van der Waals surface area contributed by atoms with Crippen LogP contribution < -0.4 is 5.32 Å². The largest absolute Gasteiger partial charge is 0.345 e. The molecule has 1 aromatic carbocycles. The number of benzene rings is 1. The summed E-state index contributed by atoms with van der Waals surface area (Å²) in [7, 11) is 1.79. The Hall–Kier alpha value is -1.69. The number of nitrogens with zero attached hydrogens (tertiary/aromatic N) is 3. The average molecular weight is 309 g/mol. The van der Waals surface area contributed by atoms with Crippen molar-refractivity contribution in [1.82, 2.24) is 20.1 Å². The van der Waals surface area contributed by atoms with E-state index in [4.69, 9.17) is 0 Å². The van der Waals surface area contributed by atoms with E-state index in [9.17, 15) is 4.79 Å². The van der Waals surface area contributed by atoms with Gasteiger partial charge in [-0.3, -0.25) is 9.48 Å². The van der Waals surface area contributed by atoms with Gasteiger partial charge < -0.3 is 5.32 Å². The average Bonchev–Trinajstić information content (AvgIpc) is 2.70. The molecule has 6 heteroatoms. The van der Waals surface area contributed by atoms with Gasteiger partial charge in [-0.05, 0) is 30.7 Å². The van der Waals surface area contributed by atoms with E-state index in [1.54, 1.807) is 17.8 Å². The number of hydrogen-bond acceptors (Lipinski definition) is 3. The highest BCUT2D eigenvalue weighted by atomic mass is 79.9. The summed E-state index contributed by atoms with van der Waals surface area (Å²) < 4.78 is 2.53. The quantitative estimate of drug-likeness (QED) is 0.941.